The maximum absolute atomic E-state index is 5.97. The Morgan fingerprint density at radius 3 is 2.04 bits per heavy atom. The zero-order valence-corrected chi connectivity index (χ0v) is 15.1. The lowest BCUT2D eigenvalue weighted by Crippen LogP contribution is -2.22. The van der Waals surface area contributed by atoms with Crippen LogP contribution in [0.15, 0.2) is 41.4 Å². The van der Waals surface area contributed by atoms with E-state index in [1.54, 1.807) is 21.3 Å². The molecule has 0 aliphatic carbocycles. The van der Waals surface area contributed by atoms with Crippen LogP contribution in [0.5, 0.6) is 17.2 Å². The van der Waals surface area contributed by atoms with Crippen molar-refractivity contribution in [2.24, 2.45) is 10.7 Å². The highest BCUT2D eigenvalue weighted by atomic mass is 16.5. The molecule has 6 nitrogen and oxygen atoms in total. The number of hydrogen-bond acceptors (Lipinski definition) is 4. The molecule has 0 atom stereocenters. The molecule has 6 heteroatoms. The highest BCUT2D eigenvalue weighted by molar-refractivity contribution is 5.92. The fourth-order valence-electron chi connectivity index (χ4n) is 2.41. The minimum Gasteiger partial charge on any atom is -0.493 e. The third-order valence-corrected chi connectivity index (χ3v) is 3.79. The minimum atomic E-state index is 0.345. The van der Waals surface area contributed by atoms with E-state index in [1.807, 2.05) is 24.3 Å². The molecule has 134 valence electrons. The third kappa shape index (κ3) is 4.79. The Kier molecular flexibility index (Phi) is 6.51. The number of guanidine groups is 1. The molecule has 0 aromatic heterocycles. The average molecular weight is 343 g/mol. The highest BCUT2D eigenvalue weighted by Crippen LogP contribution is 2.38. The van der Waals surface area contributed by atoms with Crippen molar-refractivity contribution in [1.29, 1.82) is 0 Å². The molecule has 0 saturated heterocycles. The molecule has 3 N–H and O–H groups in total. The van der Waals surface area contributed by atoms with Gasteiger partial charge in [0.25, 0.3) is 0 Å². The van der Waals surface area contributed by atoms with E-state index < -0.39 is 0 Å². The molecule has 0 spiro atoms. The quantitative estimate of drug-likeness (QED) is 0.596. The van der Waals surface area contributed by atoms with E-state index in [2.05, 4.69) is 29.4 Å². The van der Waals surface area contributed by atoms with Crippen molar-refractivity contribution in [2.75, 3.05) is 26.6 Å². The topological polar surface area (TPSA) is 78.1 Å². The largest absolute Gasteiger partial charge is 0.493 e. The minimum absolute atomic E-state index is 0.345. The van der Waals surface area contributed by atoms with Crippen molar-refractivity contribution in [1.82, 2.24) is 0 Å². The lowest BCUT2D eigenvalue weighted by Gasteiger charge is -2.13. The van der Waals surface area contributed by atoms with Crippen LogP contribution < -0.4 is 25.3 Å². The summed E-state index contributed by atoms with van der Waals surface area (Å²) in [7, 11) is 4.74. The molecular weight excluding hydrogens is 318 g/mol. The van der Waals surface area contributed by atoms with Crippen molar-refractivity contribution in [3.05, 3.63) is 47.5 Å². The summed E-state index contributed by atoms with van der Waals surface area (Å²) in [5.74, 6) is 2.08. The first-order chi connectivity index (χ1) is 12.1. The second kappa shape index (κ2) is 8.82. The maximum Gasteiger partial charge on any atom is 0.203 e. The lowest BCUT2D eigenvalue weighted by atomic mass is 10.1. The van der Waals surface area contributed by atoms with Gasteiger partial charge in [0.05, 0.1) is 27.9 Å². The summed E-state index contributed by atoms with van der Waals surface area (Å²) >= 11 is 0. The van der Waals surface area contributed by atoms with Gasteiger partial charge in [0, 0.05) is 5.69 Å². The molecule has 2 aromatic rings. The molecule has 0 aliphatic heterocycles. The predicted octanol–water partition coefficient (Wildman–Crippen LogP) is 3.20. The first-order valence-electron chi connectivity index (χ1n) is 8.06. The Morgan fingerprint density at radius 1 is 0.960 bits per heavy atom. The summed E-state index contributed by atoms with van der Waals surface area (Å²) in [4.78, 5) is 4.37. The first kappa shape index (κ1) is 18.4. The molecule has 0 fully saturated rings. The van der Waals surface area contributed by atoms with Crippen LogP contribution in [-0.4, -0.2) is 27.3 Å². The number of rotatable bonds is 7. The molecule has 0 bridgehead atoms. The summed E-state index contributed by atoms with van der Waals surface area (Å²) in [5, 5.41) is 3.08. The second-order valence-electron chi connectivity index (χ2n) is 5.41. The van der Waals surface area contributed by atoms with Crippen molar-refractivity contribution >= 4 is 11.6 Å². The normalized spacial score (nSPS) is 11.1. The SMILES string of the molecule is CCc1ccc(NC(N)=NCc2cc(OC)c(OC)c(OC)c2)cc1. The average Bonchev–Trinajstić information content (AvgIpc) is 2.65. The van der Waals surface area contributed by atoms with Gasteiger partial charge in [0.15, 0.2) is 17.5 Å². The van der Waals surface area contributed by atoms with Gasteiger partial charge in [-0.05, 0) is 41.8 Å². The van der Waals surface area contributed by atoms with E-state index in [4.69, 9.17) is 19.9 Å². The number of nitrogens with zero attached hydrogens (tertiary/aromatic N) is 1. The number of nitrogens with two attached hydrogens (primary N) is 1. The number of benzene rings is 2. The van der Waals surface area contributed by atoms with Crippen LogP contribution in [0.2, 0.25) is 0 Å². The summed E-state index contributed by atoms with van der Waals surface area (Å²) in [6.45, 7) is 2.51. The van der Waals surface area contributed by atoms with Gasteiger partial charge in [0.2, 0.25) is 5.75 Å². The van der Waals surface area contributed by atoms with E-state index in [1.165, 1.54) is 5.56 Å². The molecule has 2 aromatic carbocycles. The van der Waals surface area contributed by atoms with Crippen LogP contribution in [0.1, 0.15) is 18.1 Å². The van der Waals surface area contributed by atoms with Crippen LogP contribution in [-0.2, 0) is 13.0 Å². The number of aliphatic imine (C=N–C) groups is 1. The Morgan fingerprint density at radius 2 is 1.56 bits per heavy atom. The van der Waals surface area contributed by atoms with Gasteiger partial charge >= 0.3 is 0 Å². The van der Waals surface area contributed by atoms with Crippen LogP contribution >= 0.6 is 0 Å². The predicted molar refractivity (Wildman–Crippen MR) is 101 cm³/mol. The van der Waals surface area contributed by atoms with Crippen LogP contribution in [0.3, 0.4) is 0 Å². The Bertz CT molecular complexity index is 702. The molecule has 2 rings (SSSR count). The van der Waals surface area contributed by atoms with Crippen molar-refractivity contribution in [3.8, 4) is 17.2 Å². The van der Waals surface area contributed by atoms with Gasteiger partial charge in [-0.15, -0.1) is 0 Å². The van der Waals surface area contributed by atoms with Crippen molar-refractivity contribution in [3.63, 3.8) is 0 Å². The van der Waals surface area contributed by atoms with Crippen LogP contribution in [0, 0.1) is 0 Å². The third-order valence-electron chi connectivity index (χ3n) is 3.79. The summed E-state index contributed by atoms with van der Waals surface area (Å²) in [5.41, 5.74) is 9.06. The number of hydrogen-bond donors (Lipinski definition) is 2. The molecule has 0 radical (unpaired) electrons. The standard InChI is InChI=1S/C19H25N3O3/c1-5-13-6-8-15(9-7-13)22-19(20)21-12-14-10-16(23-2)18(25-4)17(11-14)24-3/h6-11H,5,12H2,1-4H3,(H3,20,21,22). The van der Waals surface area contributed by atoms with Gasteiger partial charge in [-0.3, -0.25) is 0 Å². The van der Waals surface area contributed by atoms with Gasteiger partial charge in [-0.1, -0.05) is 19.1 Å². The number of ether oxygens (including phenoxy) is 3. The zero-order valence-electron chi connectivity index (χ0n) is 15.1. The van der Waals surface area contributed by atoms with E-state index in [0.717, 1.165) is 17.7 Å². The van der Waals surface area contributed by atoms with Crippen molar-refractivity contribution < 1.29 is 14.2 Å². The molecule has 0 heterocycles. The van der Waals surface area contributed by atoms with E-state index in [9.17, 15) is 0 Å². The Labute approximate surface area is 148 Å². The highest BCUT2D eigenvalue weighted by Gasteiger charge is 2.12. The zero-order chi connectivity index (χ0) is 18.2. The summed E-state index contributed by atoms with van der Waals surface area (Å²) < 4.78 is 16.0. The van der Waals surface area contributed by atoms with Crippen LogP contribution in [0.25, 0.3) is 0 Å². The second-order valence-corrected chi connectivity index (χ2v) is 5.41. The van der Waals surface area contributed by atoms with E-state index >= 15 is 0 Å². The van der Waals surface area contributed by atoms with Gasteiger partial charge in [-0.2, -0.15) is 0 Å². The van der Waals surface area contributed by atoms with E-state index in [-0.39, 0.29) is 0 Å². The molecule has 0 amide bonds. The van der Waals surface area contributed by atoms with Crippen molar-refractivity contribution in [2.45, 2.75) is 19.9 Å². The van der Waals surface area contributed by atoms with Gasteiger partial charge in [0.1, 0.15) is 0 Å². The van der Waals surface area contributed by atoms with Crippen LogP contribution in [0.4, 0.5) is 5.69 Å². The number of anilines is 1. The molecular formula is C19H25N3O3. The summed E-state index contributed by atoms with van der Waals surface area (Å²) in [6, 6.07) is 11.8. The number of nitrogens with one attached hydrogen (secondary N) is 1. The molecule has 0 saturated carbocycles. The maximum atomic E-state index is 5.97. The fourth-order valence-corrected chi connectivity index (χ4v) is 2.41. The number of aryl methyl sites for hydroxylation is 1. The fraction of sp³-hybridized carbons (Fsp3) is 0.316. The molecule has 0 aliphatic rings. The first-order valence-corrected chi connectivity index (χ1v) is 8.06. The van der Waals surface area contributed by atoms with Gasteiger partial charge < -0.3 is 25.3 Å². The smallest absolute Gasteiger partial charge is 0.203 e. The van der Waals surface area contributed by atoms with Gasteiger partial charge in [-0.25, -0.2) is 4.99 Å². The monoisotopic (exact) mass is 343 g/mol. The van der Waals surface area contributed by atoms with E-state index in [0.29, 0.717) is 29.8 Å². The number of methoxy groups -OCH3 is 3. The lowest BCUT2D eigenvalue weighted by molar-refractivity contribution is 0.324. The Hall–Kier alpha value is -2.89. The Balaban J connectivity index is 2.11. The molecule has 0 unspecified atom stereocenters. The molecule has 25 heavy (non-hydrogen) atoms. The summed E-state index contributed by atoms with van der Waals surface area (Å²) in [6.07, 6.45) is 1.00.